The van der Waals surface area contributed by atoms with Gasteiger partial charge in [-0.25, -0.2) is 4.98 Å². The monoisotopic (exact) mass is 428 g/mol. The van der Waals surface area contributed by atoms with Crippen molar-refractivity contribution in [1.82, 2.24) is 19.9 Å². The first kappa shape index (κ1) is 22.1. The van der Waals surface area contributed by atoms with Crippen molar-refractivity contribution in [2.45, 2.75) is 26.8 Å². The fourth-order valence-corrected chi connectivity index (χ4v) is 3.99. The van der Waals surface area contributed by atoms with Gasteiger partial charge in [0.25, 0.3) is 5.91 Å². The highest BCUT2D eigenvalue weighted by Gasteiger charge is 2.20. The van der Waals surface area contributed by atoms with Crippen LogP contribution >= 0.6 is 11.3 Å². The van der Waals surface area contributed by atoms with Crippen LogP contribution < -0.4 is 5.32 Å². The molecular weight excluding hydrogens is 400 g/mol. The lowest BCUT2D eigenvalue weighted by Gasteiger charge is -2.10. The molecule has 0 aliphatic heterocycles. The molecule has 3 aromatic rings. The number of amides is 1. The highest BCUT2D eigenvalue weighted by atomic mass is 32.1. The molecule has 0 bridgehead atoms. The van der Waals surface area contributed by atoms with Gasteiger partial charge < -0.3 is 19.4 Å². The zero-order valence-electron chi connectivity index (χ0n) is 17.9. The van der Waals surface area contributed by atoms with E-state index in [9.17, 15) is 4.79 Å². The third-order valence-electron chi connectivity index (χ3n) is 4.87. The summed E-state index contributed by atoms with van der Waals surface area (Å²) in [6.45, 7) is 6.31. The molecule has 7 nitrogen and oxygen atoms in total. The number of carbonyl (C=O) groups is 1. The normalized spacial score (nSPS) is 11.1. The molecule has 3 aromatic heterocycles. The Morgan fingerprint density at radius 3 is 2.70 bits per heavy atom. The molecule has 0 aromatic carbocycles. The Kier molecular flexibility index (Phi) is 7.73. The number of aromatic nitrogens is 3. The van der Waals surface area contributed by atoms with E-state index in [2.05, 4.69) is 14.9 Å². The Hall–Kier alpha value is -2.55. The van der Waals surface area contributed by atoms with Gasteiger partial charge in [-0.1, -0.05) is 0 Å². The van der Waals surface area contributed by atoms with Crippen LogP contribution in [0.25, 0.3) is 22.0 Å². The zero-order chi connectivity index (χ0) is 21.5. The summed E-state index contributed by atoms with van der Waals surface area (Å²) in [6.07, 6.45) is 2.62. The van der Waals surface area contributed by atoms with Gasteiger partial charge in [0.1, 0.15) is 5.01 Å². The largest absolute Gasteiger partial charge is 0.385 e. The predicted octanol–water partition coefficient (Wildman–Crippen LogP) is 3.70. The molecule has 8 heteroatoms. The summed E-state index contributed by atoms with van der Waals surface area (Å²) in [5, 5.41) is 5.89. The Morgan fingerprint density at radius 1 is 1.20 bits per heavy atom. The minimum atomic E-state index is -0.0841. The molecule has 1 N–H and O–H groups in total. The van der Waals surface area contributed by atoms with Crippen molar-refractivity contribution in [3.63, 3.8) is 0 Å². The SMILES string of the molecule is COCCCNC(=O)c1cc(-c2csc(-c3ccc(C)nc3)n2)n(CCOC)c1C. The van der Waals surface area contributed by atoms with E-state index in [1.807, 2.05) is 43.6 Å². The van der Waals surface area contributed by atoms with Crippen LogP contribution in [0.5, 0.6) is 0 Å². The molecular formula is C22H28N4O3S. The second-order valence-electron chi connectivity index (χ2n) is 7.00. The van der Waals surface area contributed by atoms with Crippen LogP contribution in [0.3, 0.4) is 0 Å². The molecule has 30 heavy (non-hydrogen) atoms. The number of nitrogens with one attached hydrogen (secondary N) is 1. The quantitative estimate of drug-likeness (QED) is 0.498. The van der Waals surface area contributed by atoms with Gasteiger partial charge in [0.2, 0.25) is 0 Å². The fourth-order valence-electron chi connectivity index (χ4n) is 3.19. The first-order valence-corrected chi connectivity index (χ1v) is 10.8. The third-order valence-corrected chi connectivity index (χ3v) is 5.76. The second kappa shape index (κ2) is 10.5. The molecule has 0 fully saturated rings. The van der Waals surface area contributed by atoms with E-state index in [4.69, 9.17) is 14.5 Å². The molecule has 0 spiro atoms. The first-order valence-electron chi connectivity index (χ1n) is 9.90. The van der Waals surface area contributed by atoms with Crippen LogP contribution in [0.15, 0.2) is 29.8 Å². The maximum absolute atomic E-state index is 12.7. The average molecular weight is 429 g/mol. The van der Waals surface area contributed by atoms with Crippen LogP contribution in [0.1, 0.15) is 28.2 Å². The highest BCUT2D eigenvalue weighted by molar-refractivity contribution is 7.13. The highest BCUT2D eigenvalue weighted by Crippen LogP contribution is 2.31. The molecule has 3 rings (SSSR count). The first-order chi connectivity index (χ1) is 14.5. The zero-order valence-corrected chi connectivity index (χ0v) is 18.7. The minimum absolute atomic E-state index is 0.0841. The van der Waals surface area contributed by atoms with E-state index < -0.39 is 0 Å². The second-order valence-corrected chi connectivity index (χ2v) is 7.86. The van der Waals surface area contributed by atoms with Crippen molar-refractivity contribution in [1.29, 1.82) is 0 Å². The van der Waals surface area contributed by atoms with Crippen molar-refractivity contribution in [2.24, 2.45) is 0 Å². The molecule has 1 amide bonds. The van der Waals surface area contributed by atoms with Gasteiger partial charge in [0.15, 0.2) is 0 Å². The molecule has 0 saturated heterocycles. The van der Waals surface area contributed by atoms with Gasteiger partial charge in [0.05, 0.1) is 23.6 Å². The van der Waals surface area contributed by atoms with E-state index in [-0.39, 0.29) is 5.91 Å². The van der Waals surface area contributed by atoms with Gasteiger partial charge in [-0.2, -0.15) is 0 Å². The van der Waals surface area contributed by atoms with Crippen molar-refractivity contribution in [3.05, 3.63) is 46.7 Å². The summed E-state index contributed by atoms with van der Waals surface area (Å²) in [4.78, 5) is 21.9. The van der Waals surface area contributed by atoms with Crippen LogP contribution in [0, 0.1) is 13.8 Å². The van der Waals surface area contributed by atoms with Crippen molar-refractivity contribution < 1.29 is 14.3 Å². The lowest BCUT2D eigenvalue weighted by atomic mass is 10.2. The maximum Gasteiger partial charge on any atom is 0.253 e. The number of pyridine rings is 1. The number of thiazole rings is 1. The molecule has 160 valence electrons. The topological polar surface area (TPSA) is 78.3 Å². The minimum Gasteiger partial charge on any atom is -0.385 e. The van der Waals surface area contributed by atoms with Gasteiger partial charge in [-0.05, 0) is 38.5 Å². The number of carbonyl (C=O) groups excluding carboxylic acids is 1. The van der Waals surface area contributed by atoms with Crippen molar-refractivity contribution in [3.8, 4) is 22.0 Å². The molecule has 0 saturated carbocycles. The smallest absolute Gasteiger partial charge is 0.253 e. The van der Waals surface area contributed by atoms with Gasteiger partial charge in [-0.3, -0.25) is 9.78 Å². The van der Waals surface area contributed by atoms with E-state index in [1.54, 1.807) is 25.6 Å². The number of nitrogens with zero attached hydrogens (tertiary/aromatic N) is 3. The lowest BCUT2D eigenvalue weighted by Crippen LogP contribution is -2.25. The number of hydrogen-bond acceptors (Lipinski definition) is 6. The standard InChI is InChI=1S/C22H28N4O3S/c1-15-6-7-17(13-24-15)22-25-19(14-30-22)20-12-18(16(2)26(20)9-11-29-4)21(27)23-8-5-10-28-3/h6-7,12-14H,5,8-11H2,1-4H3,(H,23,27). The number of ether oxygens (including phenoxy) is 2. The molecule has 0 aliphatic rings. The summed E-state index contributed by atoms with van der Waals surface area (Å²) in [7, 11) is 3.33. The Balaban J connectivity index is 1.89. The number of aryl methyl sites for hydroxylation is 1. The maximum atomic E-state index is 12.7. The Morgan fingerprint density at radius 2 is 2.00 bits per heavy atom. The molecule has 0 atom stereocenters. The van der Waals surface area contributed by atoms with Gasteiger partial charge in [0, 0.05) is 62.4 Å². The van der Waals surface area contributed by atoms with Gasteiger partial charge in [-0.15, -0.1) is 11.3 Å². The lowest BCUT2D eigenvalue weighted by molar-refractivity contribution is 0.0947. The summed E-state index contributed by atoms with van der Waals surface area (Å²) in [5.74, 6) is -0.0841. The van der Waals surface area contributed by atoms with E-state index in [0.29, 0.717) is 31.9 Å². The summed E-state index contributed by atoms with van der Waals surface area (Å²) in [5.41, 5.74) is 5.27. The van der Waals surface area contributed by atoms with Crippen LogP contribution in [-0.2, 0) is 16.0 Å². The summed E-state index contributed by atoms with van der Waals surface area (Å²) in [6, 6.07) is 5.93. The van der Waals surface area contributed by atoms with E-state index in [0.717, 1.165) is 39.8 Å². The number of rotatable bonds is 10. The molecule has 0 radical (unpaired) electrons. The molecule has 3 heterocycles. The number of hydrogen-bond donors (Lipinski definition) is 1. The average Bonchev–Trinajstić information content (AvgIpc) is 3.35. The van der Waals surface area contributed by atoms with Crippen LogP contribution in [0.4, 0.5) is 0 Å². The summed E-state index contributed by atoms with van der Waals surface area (Å²) < 4.78 is 12.4. The van der Waals surface area contributed by atoms with E-state index in [1.165, 1.54) is 0 Å². The summed E-state index contributed by atoms with van der Waals surface area (Å²) >= 11 is 1.57. The van der Waals surface area contributed by atoms with Crippen LogP contribution in [-0.4, -0.2) is 54.4 Å². The Bertz CT molecular complexity index is 979. The van der Waals surface area contributed by atoms with E-state index >= 15 is 0 Å². The Labute approximate surface area is 181 Å². The number of methoxy groups -OCH3 is 2. The predicted molar refractivity (Wildman–Crippen MR) is 119 cm³/mol. The van der Waals surface area contributed by atoms with Crippen LogP contribution in [0.2, 0.25) is 0 Å². The van der Waals surface area contributed by atoms with Crippen molar-refractivity contribution >= 4 is 17.2 Å². The van der Waals surface area contributed by atoms with Crippen molar-refractivity contribution in [2.75, 3.05) is 34.0 Å². The molecule has 0 aliphatic carbocycles. The van der Waals surface area contributed by atoms with Gasteiger partial charge >= 0.3 is 0 Å². The fraction of sp³-hybridized carbons (Fsp3) is 0.409. The third kappa shape index (κ3) is 5.13. The molecule has 0 unspecified atom stereocenters.